The van der Waals surface area contributed by atoms with Crippen LogP contribution in [0.2, 0.25) is 0 Å². The van der Waals surface area contributed by atoms with Gasteiger partial charge in [-0.05, 0) is 24.6 Å². The van der Waals surface area contributed by atoms with E-state index in [9.17, 15) is 18.0 Å². The standard InChI is InChI=1S/C14H14F3N5O/c1-7-10(12(19)23)11(18)22-13(21-7)20-6-8-2-4-9(5-3-8)14(15,16)17/h2-5H,6H2,1H3,(H2,19,23)(H3,18,20,21,22). The first-order valence-corrected chi connectivity index (χ1v) is 6.52. The Balaban J connectivity index is 2.11. The summed E-state index contributed by atoms with van der Waals surface area (Å²) in [5.41, 5.74) is 11.1. The molecule has 2 rings (SSSR count). The molecule has 0 fully saturated rings. The van der Waals surface area contributed by atoms with E-state index < -0.39 is 17.6 Å². The zero-order valence-corrected chi connectivity index (χ0v) is 12.1. The Hall–Kier alpha value is -2.84. The number of carbonyl (C=O) groups excluding carboxylic acids is 1. The van der Waals surface area contributed by atoms with Crippen LogP contribution in [0.25, 0.3) is 0 Å². The minimum Gasteiger partial charge on any atom is -0.383 e. The van der Waals surface area contributed by atoms with Gasteiger partial charge in [0.2, 0.25) is 5.95 Å². The predicted octanol–water partition coefficient (Wildman–Crippen LogP) is 2.10. The number of nitrogens with zero attached hydrogens (tertiary/aromatic N) is 2. The fourth-order valence-corrected chi connectivity index (χ4v) is 1.97. The highest BCUT2D eigenvalue weighted by molar-refractivity contribution is 5.98. The monoisotopic (exact) mass is 325 g/mol. The third-order valence-electron chi connectivity index (χ3n) is 3.10. The number of primary amides is 1. The lowest BCUT2D eigenvalue weighted by Gasteiger charge is -2.10. The number of nitrogens with one attached hydrogen (secondary N) is 1. The highest BCUT2D eigenvalue weighted by Crippen LogP contribution is 2.29. The predicted molar refractivity (Wildman–Crippen MR) is 78.5 cm³/mol. The maximum absolute atomic E-state index is 12.5. The number of carbonyl (C=O) groups is 1. The summed E-state index contributed by atoms with van der Waals surface area (Å²) in [4.78, 5) is 19.1. The molecule has 0 bridgehead atoms. The van der Waals surface area contributed by atoms with E-state index in [1.807, 2.05) is 0 Å². The van der Waals surface area contributed by atoms with Crippen LogP contribution in [0.3, 0.4) is 0 Å². The van der Waals surface area contributed by atoms with E-state index in [4.69, 9.17) is 11.5 Å². The van der Waals surface area contributed by atoms with E-state index in [1.165, 1.54) is 12.1 Å². The smallest absolute Gasteiger partial charge is 0.383 e. The van der Waals surface area contributed by atoms with Gasteiger partial charge in [-0.15, -0.1) is 0 Å². The van der Waals surface area contributed by atoms with Crippen molar-refractivity contribution in [2.45, 2.75) is 19.6 Å². The largest absolute Gasteiger partial charge is 0.416 e. The van der Waals surface area contributed by atoms with Crippen LogP contribution in [-0.4, -0.2) is 15.9 Å². The Kier molecular flexibility index (Phi) is 4.39. The Morgan fingerprint density at radius 2 is 1.83 bits per heavy atom. The molecule has 0 aliphatic heterocycles. The lowest BCUT2D eigenvalue weighted by Crippen LogP contribution is -2.18. The van der Waals surface area contributed by atoms with E-state index in [2.05, 4.69) is 15.3 Å². The number of aromatic nitrogens is 2. The maximum atomic E-state index is 12.5. The summed E-state index contributed by atoms with van der Waals surface area (Å²) in [5.74, 6) is -0.626. The van der Waals surface area contributed by atoms with Crippen LogP contribution in [0.15, 0.2) is 24.3 Å². The van der Waals surface area contributed by atoms with E-state index in [0.29, 0.717) is 11.3 Å². The molecule has 1 heterocycles. The van der Waals surface area contributed by atoms with E-state index >= 15 is 0 Å². The molecule has 0 unspecified atom stereocenters. The summed E-state index contributed by atoms with van der Waals surface area (Å²) < 4.78 is 37.4. The minimum atomic E-state index is -4.37. The van der Waals surface area contributed by atoms with Crippen molar-refractivity contribution in [3.8, 4) is 0 Å². The van der Waals surface area contributed by atoms with Crippen LogP contribution >= 0.6 is 0 Å². The number of alkyl halides is 3. The van der Waals surface area contributed by atoms with Gasteiger partial charge in [0.1, 0.15) is 11.4 Å². The Morgan fingerprint density at radius 3 is 2.30 bits per heavy atom. The molecule has 0 radical (unpaired) electrons. The van der Waals surface area contributed by atoms with Gasteiger partial charge < -0.3 is 16.8 Å². The fourth-order valence-electron chi connectivity index (χ4n) is 1.97. The zero-order chi connectivity index (χ0) is 17.2. The molecular formula is C14H14F3N5O. The van der Waals surface area contributed by atoms with Crippen molar-refractivity contribution in [1.29, 1.82) is 0 Å². The number of rotatable bonds is 4. The molecule has 1 aromatic heterocycles. The summed E-state index contributed by atoms with van der Waals surface area (Å²) in [6.07, 6.45) is -4.37. The van der Waals surface area contributed by atoms with Gasteiger partial charge in [0.25, 0.3) is 5.91 Å². The highest BCUT2D eigenvalue weighted by atomic mass is 19.4. The van der Waals surface area contributed by atoms with Crippen LogP contribution in [-0.2, 0) is 12.7 Å². The molecule has 1 amide bonds. The van der Waals surface area contributed by atoms with Crippen LogP contribution in [0.1, 0.15) is 27.2 Å². The molecule has 1 aromatic carbocycles. The quantitative estimate of drug-likeness (QED) is 0.798. The van der Waals surface area contributed by atoms with Crippen molar-refractivity contribution in [1.82, 2.24) is 9.97 Å². The number of hydrogen-bond donors (Lipinski definition) is 3. The first-order valence-electron chi connectivity index (χ1n) is 6.52. The minimum absolute atomic E-state index is 0.0464. The van der Waals surface area contributed by atoms with Crippen molar-refractivity contribution >= 4 is 17.7 Å². The number of aryl methyl sites for hydroxylation is 1. The van der Waals surface area contributed by atoms with Crippen molar-refractivity contribution in [3.63, 3.8) is 0 Å². The molecule has 0 saturated heterocycles. The molecule has 9 heteroatoms. The number of benzene rings is 1. The summed E-state index contributed by atoms with van der Waals surface area (Å²) in [5, 5.41) is 2.83. The fraction of sp³-hybridized carbons (Fsp3) is 0.214. The van der Waals surface area contributed by atoms with Crippen LogP contribution in [0.5, 0.6) is 0 Å². The van der Waals surface area contributed by atoms with Crippen LogP contribution < -0.4 is 16.8 Å². The van der Waals surface area contributed by atoms with Gasteiger partial charge in [-0.2, -0.15) is 18.2 Å². The molecule has 6 nitrogen and oxygen atoms in total. The summed E-state index contributed by atoms with van der Waals surface area (Å²) >= 11 is 0. The molecular weight excluding hydrogens is 311 g/mol. The second kappa shape index (κ2) is 6.11. The average molecular weight is 325 g/mol. The molecule has 0 atom stereocenters. The van der Waals surface area contributed by atoms with Crippen LogP contribution in [0, 0.1) is 6.92 Å². The second-order valence-corrected chi connectivity index (χ2v) is 4.81. The van der Waals surface area contributed by atoms with Gasteiger partial charge in [-0.25, -0.2) is 4.98 Å². The maximum Gasteiger partial charge on any atom is 0.416 e. The Labute approximate surface area is 129 Å². The Bertz CT molecular complexity index is 705. The normalized spacial score (nSPS) is 11.3. The van der Waals surface area contributed by atoms with E-state index in [1.54, 1.807) is 6.92 Å². The first kappa shape index (κ1) is 16.5. The lowest BCUT2D eigenvalue weighted by molar-refractivity contribution is -0.137. The molecule has 0 aliphatic carbocycles. The topological polar surface area (TPSA) is 107 Å². The average Bonchev–Trinajstić information content (AvgIpc) is 2.43. The highest BCUT2D eigenvalue weighted by Gasteiger charge is 2.29. The summed E-state index contributed by atoms with van der Waals surface area (Å²) in [6.45, 7) is 1.76. The molecule has 122 valence electrons. The number of nitrogen functional groups attached to an aromatic ring is 1. The lowest BCUT2D eigenvalue weighted by atomic mass is 10.1. The molecule has 2 aromatic rings. The number of halogens is 3. The van der Waals surface area contributed by atoms with Crippen molar-refractivity contribution < 1.29 is 18.0 Å². The van der Waals surface area contributed by atoms with Gasteiger partial charge in [-0.1, -0.05) is 12.1 Å². The number of amides is 1. The molecule has 0 saturated carbocycles. The van der Waals surface area contributed by atoms with Gasteiger partial charge in [0, 0.05) is 6.54 Å². The Morgan fingerprint density at radius 1 is 1.22 bits per heavy atom. The van der Waals surface area contributed by atoms with E-state index in [0.717, 1.165) is 12.1 Å². The number of hydrogen-bond acceptors (Lipinski definition) is 5. The van der Waals surface area contributed by atoms with Gasteiger partial charge in [-0.3, -0.25) is 4.79 Å². The SMILES string of the molecule is Cc1nc(NCc2ccc(C(F)(F)F)cc2)nc(N)c1C(N)=O. The second-order valence-electron chi connectivity index (χ2n) is 4.81. The molecule has 23 heavy (non-hydrogen) atoms. The molecule has 5 N–H and O–H groups in total. The van der Waals surface area contributed by atoms with Crippen molar-refractivity contribution in [3.05, 3.63) is 46.6 Å². The van der Waals surface area contributed by atoms with Gasteiger partial charge >= 0.3 is 6.18 Å². The van der Waals surface area contributed by atoms with E-state index in [-0.39, 0.29) is 23.9 Å². The first-order chi connectivity index (χ1) is 10.7. The van der Waals surface area contributed by atoms with Crippen molar-refractivity contribution in [2.75, 3.05) is 11.1 Å². The van der Waals surface area contributed by atoms with Crippen molar-refractivity contribution in [2.24, 2.45) is 5.73 Å². The number of nitrogens with two attached hydrogens (primary N) is 2. The number of anilines is 2. The summed E-state index contributed by atoms with van der Waals surface area (Å²) in [7, 11) is 0. The van der Waals surface area contributed by atoms with Gasteiger partial charge in [0.15, 0.2) is 0 Å². The molecule has 0 spiro atoms. The zero-order valence-electron chi connectivity index (χ0n) is 12.1. The summed E-state index contributed by atoms with van der Waals surface area (Å²) in [6, 6.07) is 4.69. The third kappa shape index (κ3) is 3.87. The molecule has 0 aliphatic rings. The third-order valence-corrected chi connectivity index (χ3v) is 3.10. The van der Waals surface area contributed by atoms with Crippen LogP contribution in [0.4, 0.5) is 24.9 Å². The van der Waals surface area contributed by atoms with Gasteiger partial charge in [0.05, 0.1) is 11.3 Å².